The number of imide groups is 1. The summed E-state index contributed by atoms with van der Waals surface area (Å²) in [4.78, 5) is 41.6. The molecule has 1 aliphatic rings. The van der Waals surface area contributed by atoms with Gasteiger partial charge in [0.05, 0.1) is 23.4 Å². The van der Waals surface area contributed by atoms with Gasteiger partial charge in [0, 0.05) is 17.6 Å². The van der Waals surface area contributed by atoms with Gasteiger partial charge in [0.1, 0.15) is 6.54 Å². The summed E-state index contributed by atoms with van der Waals surface area (Å²) < 4.78 is 6.85. The van der Waals surface area contributed by atoms with E-state index in [4.69, 9.17) is 4.74 Å². The number of carbonyl (C=O) groups is 3. The van der Waals surface area contributed by atoms with Crippen molar-refractivity contribution in [2.24, 2.45) is 0 Å². The lowest BCUT2D eigenvalue weighted by Gasteiger charge is -2.10. The van der Waals surface area contributed by atoms with Crippen LogP contribution in [0.3, 0.4) is 0 Å². The first-order valence-electron chi connectivity index (χ1n) is 8.42. The van der Waals surface area contributed by atoms with Gasteiger partial charge in [0.15, 0.2) is 0 Å². The van der Waals surface area contributed by atoms with E-state index in [1.165, 1.54) is 0 Å². The molecule has 0 radical (unpaired) electrons. The van der Waals surface area contributed by atoms with Crippen molar-refractivity contribution < 1.29 is 19.1 Å². The largest absolute Gasteiger partial charge is 0.465 e. The van der Waals surface area contributed by atoms with Crippen LogP contribution < -0.4 is 0 Å². The number of thioether (sulfide) groups is 1. The molecule has 2 amide bonds. The second-order valence-electron chi connectivity index (χ2n) is 5.95. The number of hydrogen-bond donors (Lipinski definition) is 0. The minimum Gasteiger partial charge on any atom is -0.465 e. The summed E-state index contributed by atoms with van der Waals surface area (Å²) in [5.74, 6) is -1.08. The molecule has 0 aliphatic carbocycles. The smallest absolute Gasteiger partial charge is 0.326 e. The average Bonchev–Trinajstić information content (AvgIpc) is 3.06. The summed E-state index contributed by atoms with van der Waals surface area (Å²) in [6, 6.07) is 5.75. The van der Waals surface area contributed by atoms with Gasteiger partial charge in [0.25, 0.3) is 11.1 Å². The van der Waals surface area contributed by atoms with Gasteiger partial charge in [-0.2, -0.15) is 0 Å². The Bertz CT molecular complexity index is 934. The van der Waals surface area contributed by atoms with E-state index in [2.05, 4.69) is 4.98 Å². The molecule has 0 spiro atoms. The van der Waals surface area contributed by atoms with Crippen LogP contribution >= 0.6 is 11.8 Å². The molecule has 1 saturated heterocycles. The zero-order chi connectivity index (χ0) is 19.6. The molecule has 1 fully saturated rings. The summed E-state index contributed by atoms with van der Waals surface area (Å²) >= 11 is 0.825. The SMILES string of the molecule is CCOC(=O)CN1C(=O)SC(=Cc2cc(C)n(-c3cccnc3)c2C)C1=O. The molecule has 140 valence electrons. The molecule has 0 atom stereocenters. The molecule has 0 bridgehead atoms. The monoisotopic (exact) mass is 385 g/mol. The van der Waals surface area contributed by atoms with Gasteiger partial charge < -0.3 is 9.30 Å². The van der Waals surface area contributed by atoms with Crippen LogP contribution in [0.15, 0.2) is 35.5 Å². The van der Waals surface area contributed by atoms with Crippen LogP contribution in [0.5, 0.6) is 0 Å². The van der Waals surface area contributed by atoms with Crippen LogP contribution in [0.2, 0.25) is 0 Å². The van der Waals surface area contributed by atoms with Crippen molar-refractivity contribution in [2.75, 3.05) is 13.2 Å². The van der Waals surface area contributed by atoms with Gasteiger partial charge in [-0.05, 0) is 62.4 Å². The highest BCUT2D eigenvalue weighted by Crippen LogP contribution is 2.33. The minimum absolute atomic E-state index is 0.200. The Morgan fingerprint density at radius 2 is 2.11 bits per heavy atom. The number of amides is 2. The molecule has 1 aliphatic heterocycles. The van der Waals surface area contributed by atoms with Crippen LogP contribution in [0.1, 0.15) is 23.9 Å². The van der Waals surface area contributed by atoms with Crippen molar-refractivity contribution >= 4 is 35.0 Å². The Kier molecular flexibility index (Phi) is 5.46. The van der Waals surface area contributed by atoms with Gasteiger partial charge in [0.2, 0.25) is 0 Å². The number of ether oxygens (including phenoxy) is 1. The number of rotatable bonds is 5. The van der Waals surface area contributed by atoms with Crippen molar-refractivity contribution in [1.29, 1.82) is 0 Å². The van der Waals surface area contributed by atoms with Gasteiger partial charge in [-0.1, -0.05) is 0 Å². The highest BCUT2D eigenvalue weighted by molar-refractivity contribution is 8.18. The van der Waals surface area contributed by atoms with Crippen molar-refractivity contribution in [3.8, 4) is 5.69 Å². The fraction of sp³-hybridized carbons (Fsp3) is 0.263. The number of esters is 1. The third-order valence-electron chi connectivity index (χ3n) is 4.13. The predicted octanol–water partition coefficient (Wildman–Crippen LogP) is 3.09. The van der Waals surface area contributed by atoms with Gasteiger partial charge in [-0.3, -0.25) is 24.3 Å². The molecular formula is C19H19N3O4S. The van der Waals surface area contributed by atoms with E-state index >= 15 is 0 Å². The quantitative estimate of drug-likeness (QED) is 0.581. The average molecular weight is 385 g/mol. The number of aromatic nitrogens is 2. The van der Waals surface area contributed by atoms with Crippen LogP contribution in [0.4, 0.5) is 4.79 Å². The molecule has 0 N–H and O–H groups in total. The predicted molar refractivity (Wildman–Crippen MR) is 102 cm³/mol. The van der Waals surface area contributed by atoms with E-state index in [9.17, 15) is 14.4 Å². The Morgan fingerprint density at radius 3 is 2.78 bits per heavy atom. The number of pyridine rings is 1. The molecule has 0 aromatic carbocycles. The zero-order valence-corrected chi connectivity index (χ0v) is 16.1. The van der Waals surface area contributed by atoms with Crippen LogP contribution in [0.25, 0.3) is 11.8 Å². The lowest BCUT2D eigenvalue weighted by Crippen LogP contribution is -2.34. The topological polar surface area (TPSA) is 81.5 Å². The Labute approximate surface area is 161 Å². The molecule has 7 nitrogen and oxygen atoms in total. The molecule has 2 aromatic heterocycles. The molecule has 2 aromatic rings. The Hall–Kier alpha value is -2.87. The molecule has 3 rings (SSSR count). The first-order valence-corrected chi connectivity index (χ1v) is 9.24. The third kappa shape index (κ3) is 3.80. The third-order valence-corrected chi connectivity index (χ3v) is 5.03. The van der Waals surface area contributed by atoms with E-state index in [1.807, 2.05) is 36.6 Å². The summed E-state index contributed by atoms with van der Waals surface area (Å²) in [5, 5.41) is -0.472. The highest BCUT2D eigenvalue weighted by atomic mass is 32.2. The van der Waals surface area contributed by atoms with Crippen molar-refractivity contribution in [3.05, 3.63) is 52.4 Å². The Balaban J connectivity index is 1.89. The van der Waals surface area contributed by atoms with E-state index in [0.717, 1.165) is 39.3 Å². The molecule has 8 heteroatoms. The standard InChI is InChI=1S/C19H19N3O4S/c1-4-26-17(23)11-21-18(24)16(27-19(21)25)9-14-8-12(2)22(13(14)3)15-6-5-7-20-10-15/h5-10H,4,11H2,1-3H3. The number of aryl methyl sites for hydroxylation is 1. The summed E-state index contributed by atoms with van der Waals surface area (Å²) in [6.07, 6.45) is 5.15. The maximum absolute atomic E-state index is 12.5. The molecule has 0 saturated carbocycles. The second-order valence-corrected chi connectivity index (χ2v) is 6.94. The lowest BCUT2D eigenvalue weighted by molar-refractivity contribution is -0.145. The van der Waals surface area contributed by atoms with Gasteiger partial charge >= 0.3 is 5.97 Å². The van der Waals surface area contributed by atoms with E-state index < -0.39 is 17.1 Å². The summed E-state index contributed by atoms with van der Waals surface area (Å²) in [5.41, 5.74) is 3.66. The first kappa shape index (κ1) is 18.9. The summed E-state index contributed by atoms with van der Waals surface area (Å²) in [6.45, 7) is 5.40. The van der Waals surface area contributed by atoms with Crippen LogP contribution in [-0.2, 0) is 14.3 Å². The van der Waals surface area contributed by atoms with Gasteiger partial charge in [-0.15, -0.1) is 0 Å². The molecular weight excluding hydrogens is 366 g/mol. The maximum atomic E-state index is 12.5. The molecule has 0 unspecified atom stereocenters. The normalized spacial score (nSPS) is 15.7. The molecule has 27 heavy (non-hydrogen) atoms. The fourth-order valence-electron chi connectivity index (χ4n) is 2.93. The van der Waals surface area contributed by atoms with Gasteiger partial charge in [-0.25, -0.2) is 0 Å². The highest BCUT2D eigenvalue weighted by Gasteiger charge is 2.36. The molecule has 3 heterocycles. The summed E-state index contributed by atoms with van der Waals surface area (Å²) in [7, 11) is 0. The first-order chi connectivity index (χ1) is 12.9. The maximum Gasteiger partial charge on any atom is 0.326 e. The van der Waals surface area contributed by atoms with Crippen LogP contribution in [0, 0.1) is 13.8 Å². The Morgan fingerprint density at radius 1 is 1.33 bits per heavy atom. The number of carbonyl (C=O) groups excluding carboxylic acids is 3. The fourth-order valence-corrected chi connectivity index (χ4v) is 3.76. The van der Waals surface area contributed by atoms with Crippen molar-refractivity contribution in [1.82, 2.24) is 14.5 Å². The number of nitrogens with zero attached hydrogens (tertiary/aromatic N) is 3. The van der Waals surface area contributed by atoms with E-state index in [1.54, 1.807) is 25.4 Å². The lowest BCUT2D eigenvalue weighted by atomic mass is 10.2. The van der Waals surface area contributed by atoms with Crippen LogP contribution in [-0.4, -0.2) is 44.7 Å². The van der Waals surface area contributed by atoms with E-state index in [-0.39, 0.29) is 18.1 Å². The minimum atomic E-state index is -0.601. The van der Waals surface area contributed by atoms with Crippen molar-refractivity contribution in [2.45, 2.75) is 20.8 Å². The van der Waals surface area contributed by atoms with E-state index in [0.29, 0.717) is 0 Å². The number of hydrogen-bond acceptors (Lipinski definition) is 6. The second kappa shape index (κ2) is 7.79. The zero-order valence-electron chi connectivity index (χ0n) is 15.3. The van der Waals surface area contributed by atoms with Crippen molar-refractivity contribution in [3.63, 3.8) is 0 Å².